The van der Waals surface area contributed by atoms with Crippen LogP contribution in [0.2, 0.25) is 0 Å². The molecule has 1 unspecified atom stereocenters. The van der Waals surface area contributed by atoms with Crippen LogP contribution < -0.4 is 0 Å². The van der Waals surface area contributed by atoms with Crippen LogP contribution >= 0.6 is 0 Å². The Morgan fingerprint density at radius 2 is 2.05 bits per heavy atom. The Morgan fingerprint density at radius 3 is 2.86 bits per heavy atom. The summed E-state index contributed by atoms with van der Waals surface area (Å²) in [6, 6.07) is 9.02. The summed E-state index contributed by atoms with van der Waals surface area (Å²) in [5.74, 6) is 2.04. The first kappa shape index (κ1) is 14.3. The number of carbonyl (C=O) groups is 1. The molecule has 22 heavy (non-hydrogen) atoms. The summed E-state index contributed by atoms with van der Waals surface area (Å²) >= 11 is 0. The first-order chi connectivity index (χ1) is 10.6. The van der Waals surface area contributed by atoms with Gasteiger partial charge in [0.1, 0.15) is 0 Å². The van der Waals surface area contributed by atoms with Gasteiger partial charge >= 0.3 is 5.97 Å². The Kier molecular flexibility index (Phi) is 3.32. The van der Waals surface area contributed by atoms with Crippen molar-refractivity contribution >= 4 is 5.97 Å². The van der Waals surface area contributed by atoms with Gasteiger partial charge in [0.15, 0.2) is 0 Å². The van der Waals surface area contributed by atoms with E-state index >= 15 is 0 Å². The third-order valence-corrected chi connectivity index (χ3v) is 7.26. The quantitative estimate of drug-likeness (QED) is 0.864. The van der Waals surface area contributed by atoms with E-state index in [-0.39, 0.29) is 5.41 Å². The average molecular weight is 298 g/mol. The highest BCUT2D eigenvalue weighted by molar-refractivity contribution is 5.67. The Labute approximate surface area is 132 Å². The van der Waals surface area contributed by atoms with Gasteiger partial charge in [-0.25, -0.2) is 0 Å². The lowest BCUT2D eigenvalue weighted by atomic mass is 9.54. The van der Waals surface area contributed by atoms with E-state index in [1.165, 1.54) is 32.1 Å². The molecule has 0 saturated heterocycles. The lowest BCUT2D eigenvalue weighted by Gasteiger charge is -2.51. The summed E-state index contributed by atoms with van der Waals surface area (Å²) in [5.41, 5.74) is 3.43. The number of hydrogen-bond acceptors (Lipinski definition) is 1. The lowest BCUT2D eigenvalue weighted by Crippen LogP contribution is -2.42. The number of benzene rings is 1. The maximum Gasteiger partial charge on any atom is 0.303 e. The van der Waals surface area contributed by atoms with Crippen LogP contribution in [0.1, 0.15) is 62.5 Å². The van der Waals surface area contributed by atoms with Gasteiger partial charge in [-0.3, -0.25) is 4.79 Å². The normalized spacial score (nSPS) is 39.7. The maximum atomic E-state index is 11.2. The number of carboxylic acids is 1. The van der Waals surface area contributed by atoms with Crippen LogP contribution in [0.5, 0.6) is 0 Å². The van der Waals surface area contributed by atoms with Crippen LogP contribution in [0, 0.1) is 23.2 Å². The molecular formula is C20H26O2. The molecule has 0 spiro atoms. The van der Waals surface area contributed by atoms with Gasteiger partial charge in [0, 0.05) is 6.42 Å². The Bertz CT molecular complexity index is 593. The molecule has 0 radical (unpaired) electrons. The number of carboxylic acid groups (broad SMARTS) is 1. The molecule has 0 aromatic heterocycles. The van der Waals surface area contributed by atoms with Crippen LogP contribution in [-0.2, 0) is 11.2 Å². The summed E-state index contributed by atoms with van der Waals surface area (Å²) in [6.45, 7) is 2.40. The first-order valence-corrected chi connectivity index (χ1v) is 8.89. The molecule has 0 aliphatic heterocycles. The fourth-order valence-electron chi connectivity index (χ4n) is 6.18. The molecule has 0 bridgehead atoms. The van der Waals surface area contributed by atoms with Crippen LogP contribution in [0.4, 0.5) is 0 Å². The molecule has 0 heterocycles. The van der Waals surface area contributed by atoms with Gasteiger partial charge in [0.25, 0.3) is 0 Å². The van der Waals surface area contributed by atoms with E-state index in [4.69, 9.17) is 0 Å². The van der Waals surface area contributed by atoms with Gasteiger partial charge in [-0.15, -0.1) is 0 Å². The molecule has 2 saturated carbocycles. The molecular weight excluding hydrogens is 272 g/mol. The number of rotatable bonds is 2. The van der Waals surface area contributed by atoms with E-state index in [1.807, 2.05) is 0 Å². The van der Waals surface area contributed by atoms with Crippen molar-refractivity contribution in [2.24, 2.45) is 23.2 Å². The first-order valence-electron chi connectivity index (χ1n) is 8.89. The predicted molar refractivity (Wildman–Crippen MR) is 86.8 cm³/mol. The fourth-order valence-corrected chi connectivity index (χ4v) is 6.18. The highest BCUT2D eigenvalue weighted by atomic mass is 16.4. The third-order valence-electron chi connectivity index (χ3n) is 7.26. The van der Waals surface area contributed by atoms with Crippen molar-refractivity contribution in [1.82, 2.24) is 0 Å². The van der Waals surface area contributed by atoms with Crippen molar-refractivity contribution in [3.63, 3.8) is 0 Å². The van der Waals surface area contributed by atoms with Gasteiger partial charge in [-0.2, -0.15) is 0 Å². The summed E-state index contributed by atoms with van der Waals surface area (Å²) in [7, 11) is 0. The van der Waals surface area contributed by atoms with Crippen LogP contribution in [0.25, 0.3) is 0 Å². The van der Waals surface area contributed by atoms with Gasteiger partial charge < -0.3 is 5.11 Å². The maximum absolute atomic E-state index is 11.2. The van der Waals surface area contributed by atoms with Gasteiger partial charge in [-0.1, -0.05) is 31.2 Å². The molecule has 2 heteroatoms. The third kappa shape index (κ3) is 2.03. The van der Waals surface area contributed by atoms with Crippen LogP contribution in [0.3, 0.4) is 0 Å². The standard InChI is InChI=1S/C20H26O2/c1-20-11-10-16-15-5-3-2-4-13(15)6-8-17(16)18(20)9-7-14(20)12-19(21)22/h2-5,14,16-18H,6-12H2,1H3,(H,21,22)/t14?,16-,17-,18+,20-/m1/s1. The molecule has 2 fully saturated rings. The topological polar surface area (TPSA) is 37.3 Å². The monoisotopic (exact) mass is 298 g/mol. The van der Waals surface area contributed by atoms with Gasteiger partial charge in [0.2, 0.25) is 0 Å². The molecule has 2 nitrogen and oxygen atoms in total. The van der Waals surface area contributed by atoms with Crippen molar-refractivity contribution < 1.29 is 9.90 Å². The van der Waals surface area contributed by atoms with Gasteiger partial charge in [0.05, 0.1) is 0 Å². The van der Waals surface area contributed by atoms with Crippen molar-refractivity contribution in [2.45, 2.75) is 57.8 Å². The van der Waals surface area contributed by atoms with E-state index < -0.39 is 5.97 Å². The van der Waals surface area contributed by atoms with E-state index in [1.54, 1.807) is 11.1 Å². The molecule has 3 aliphatic carbocycles. The summed E-state index contributed by atoms with van der Waals surface area (Å²) in [4.78, 5) is 11.2. The molecule has 5 atom stereocenters. The zero-order valence-corrected chi connectivity index (χ0v) is 13.4. The zero-order chi connectivity index (χ0) is 15.3. The molecule has 1 N–H and O–H groups in total. The highest BCUT2D eigenvalue weighted by Crippen LogP contribution is 2.63. The number of hydrogen-bond donors (Lipinski definition) is 1. The van der Waals surface area contributed by atoms with E-state index in [0.717, 1.165) is 24.2 Å². The van der Waals surface area contributed by atoms with Crippen LogP contribution in [0.15, 0.2) is 24.3 Å². The molecule has 3 aliphatic rings. The molecule has 118 valence electrons. The molecule has 1 aromatic carbocycles. The SMILES string of the molecule is C[C@]12CC[C@@H]3c4ccccc4CC[C@H]3[C@@H]1CCC2CC(=O)O. The number of aryl methyl sites for hydroxylation is 1. The zero-order valence-electron chi connectivity index (χ0n) is 13.4. The largest absolute Gasteiger partial charge is 0.481 e. The van der Waals surface area contributed by atoms with Crippen molar-refractivity contribution in [3.05, 3.63) is 35.4 Å². The second-order valence-corrected chi connectivity index (χ2v) is 8.03. The Hall–Kier alpha value is -1.31. The van der Waals surface area contributed by atoms with Crippen molar-refractivity contribution in [3.8, 4) is 0 Å². The lowest BCUT2D eigenvalue weighted by molar-refractivity contribution is -0.139. The fraction of sp³-hybridized carbons (Fsp3) is 0.650. The highest BCUT2D eigenvalue weighted by Gasteiger charge is 2.54. The second-order valence-electron chi connectivity index (χ2n) is 8.03. The Balaban J connectivity index is 1.63. The summed E-state index contributed by atoms with van der Waals surface area (Å²) < 4.78 is 0. The average Bonchev–Trinajstić information content (AvgIpc) is 2.83. The minimum atomic E-state index is -0.608. The van der Waals surface area contributed by atoms with Crippen molar-refractivity contribution in [1.29, 1.82) is 0 Å². The number of fused-ring (bicyclic) bond motifs is 5. The van der Waals surface area contributed by atoms with E-state index in [9.17, 15) is 9.90 Å². The minimum Gasteiger partial charge on any atom is -0.481 e. The van der Waals surface area contributed by atoms with Crippen LogP contribution in [-0.4, -0.2) is 11.1 Å². The van der Waals surface area contributed by atoms with Crippen molar-refractivity contribution in [2.75, 3.05) is 0 Å². The Morgan fingerprint density at radius 1 is 1.23 bits per heavy atom. The predicted octanol–water partition coefficient (Wildman–Crippen LogP) is 4.63. The minimum absolute atomic E-state index is 0.270. The molecule has 1 aromatic rings. The molecule has 0 amide bonds. The number of aliphatic carboxylic acids is 1. The smallest absolute Gasteiger partial charge is 0.303 e. The second kappa shape index (κ2) is 5.11. The summed E-state index contributed by atoms with van der Waals surface area (Å²) in [5, 5.41) is 9.24. The van der Waals surface area contributed by atoms with E-state index in [0.29, 0.717) is 12.3 Å². The summed E-state index contributed by atoms with van der Waals surface area (Å²) in [6.07, 6.45) is 7.74. The van der Waals surface area contributed by atoms with Gasteiger partial charge in [-0.05, 0) is 78.7 Å². The molecule has 4 rings (SSSR count). The van der Waals surface area contributed by atoms with E-state index in [2.05, 4.69) is 31.2 Å².